The summed E-state index contributed by atoms with van der Waals surface area (Å²) in [6.45, 7) is 3.17. The first-order valence-corrected chi connectivity index (χ1v) is 1.22. The second-order valence-electron chi connectivity index (χ2n) is 0. The van der Waals surface area contributed by atoms with Gasteiger partial charge < -0.3 is 15.9 Å². The van der Waals surface area contributed by atoms with Crippen LogP contribution in [0, 0.1) is 6.66 Å². The van der Waals surface area contributed by atoms with E-state index in [-0.39, 0.29) is 40.8 Å². The van der Waals surface area contributed by atoms with Crippen LogP contribution in [0.5, 0.6) is 0 Å². The van der Waals surface area contributed by atoms with Crippen molar-refractivity contribution in [2.45, 2.75) is 0 Å². The molecule has 0 fully saturated rings. The summed E-state index contributed by atoms with van der Waals surface area (Å²) in [6, 6.07) is 0. The van der Waals surface area contributed by atoms with Gasteiger partial charge in [0.25, 0.3) is 0 Å². The molecule has 0 amide bonds. The molecule has 34 valence electrons. The fourth-order valence-corrected chi connectivity index (χ4v) is 0. The molecule has 4 heavy (non-hydrogen) atoms. The standard InChI is InChI=1S/CH4P.2Pd/c1-2;;/h1-2H2;;/q-1;;. The molecule has 0 radical (unpaired) electrons. The van der Waals surface area contributed by atoms with Crippen LogP contribution in [0.25, 0.3) is 0 Å². The molecule has 0 rings (SSSR count). The molecule has 0 N–H and O–H groups in total. The first kappa shape index (κ1) is 17.1. The van der Waals surface area contributed by atoms with Crippen molar-refractivity contribution in [2.24, 2.45) is 0 Å². The zero-order chi connectivity index (χ0) is 2.00. The van der Waals surface area contributed by atoms with E-state index in [9.17, 15) is 0 Å². The van der Waals surface area contributed by atoms with Gasteiger partial charge in [-0.3, -0.25) is 0 Å². The molecule has 0 aromatic heterocycles. The summed E-state index contributed by atoms with van der Waals surface area (Å²) in [4.78, 5) is 0. The second kappa shape index (κ2) is 21.8. The zero-order valence-electron chi connectivity index (χ0n) is 1.92. The predicted molar refractivity (Wildman–Crippen MR) is 15.1 cm³/mol. The minimum atomic E-state index is 0. The van der Waals surface area contributed by atoms with Crippen LogP contribution in [0.15, 0.2) is 0 Å². The van der Waals surface area contributed by atoms with Crippen molar-refractivity contribution in [3.8, 4) is 0 Å². The smallest absolute Gasteiger partial charge is 0 e. The molecule has 0 aliphatic carbocycles. The van der Waals surface area contributed by atoms with E-state index in [2.05, 4.69) is 15.9 Å². The molecule has 0 spiro atoms. The monoisotopic (exact) mass is 259 g/mol. The zero-order valence-corrected chi connectivity index (χ0v) is 6.18. The third-order valence-electron chi connectivity index (χ3n) is 0. The molecule has 0 saturated carbocycles. The third kappa shape index (κ3) is 9.25. The largest absolute Gasteiger partial charge is 0.323 e. The fraction of sp³-hybridized carbons (Fsp3) is 0. The number of hydrogen-bond acceptors (Lipinski definition) is 0. The molecule has 1 atom stereocenters. The Morgan fingerprint density at radius 1 is 1.00 bits per heavy atom. The summed E-state index contributed by atoms with van der Waals surface area (Å²) in [5.41, 5.74) is 0. The van der Waals surface area contributed by atoms with Gasteiger partial charge in [0.05, 0.1) is 0 Å². The fourth-order valence-electron chi connectivity index (χ4n) is 0. The van der Waals surface area contributed by atoms with Crippen molar-refractivity contribution in [2.75, 3.05) is 0 Å². The van der Waals surface area contributed by atoms with E-state index in [0.29, 0.717) is 0 Å². The quantitative estimate of drug-likeness (QED) is 0.341. The maximum Gasteiger partial charge on any atom is 0 e. The first-order valence-electron chi connectivity index (χ1n) is 0.408. The van der Waals surface area contributed by atoms with Crippen molar-refractivity contribution >= 4 is 9.24 Å². The Balaban J connectivity index is -0.00000000500. The second-order valence-corrected chi connectivity index (χ2v) is 0. The van der Waals surface area contributed by atoms with Gasteiger partial charge in [0.1, 0.15) is 0 Å². The van der Waals surface area contributed by atoms with Gasteiger partial charge in [-0.25, -0.2) is 0 Å². The van der Waals surface area contributed by atoms with Crippen LogP contribution in [0.3, 0.4) is 0 Å². The Morgan fingerprint density at radius 2 is 1.00 bits per heavy atom. The molecular weight excluding hydrogens is 256 g/mol. The summed E-state index contributed by atoms with van der Waals surface area (Å²) in [5.74, 6) is 0. The van der Waals surface area contributed by atoms with Crippen molar-refractivity contribution in [1.29, 1.82) is 0 Å². The minimum absolute atomic E-state index is 0. The van der Waals surface area contributed by atoms with Gasteiger partial charge in [-0.05, 0) is 0 Å². The molecule has 0 heterocycles. The Labute approximate surface area is 56.6 Å². The van der Waals surface area contributed by atoms with Crippen LogP contribution in [-0.2, 0) is 40.8 Å². The number of hydrogen-bond donors (Lipinski definition) is 0. The molecule has 0 aromatic rings. The van der Waals surface area contributed by atoms with Crippen LogP contribution >= 0.6 is 9.24 Å². The van der Waals surface area contributed by atoms with Crippen LogP contribution < -0.4 is 0 Å². The average Bonchev–Trinajstić information content (AvgIpc) is 1.00. The summed E-state index contributed by atoms with van der Waals surface area (Å²) >= 11 is 0. The molecule has 0 bridgehead atoms. The summed E-state index contributed by atoms with van der Waals surface area (Å²) in [5, 5.41) is 0. The van der Waals surface area contributed by atoms with Gasteiger partial charge in [0.2, 0.25) is 0 Å². The SMILES string of the molecule is [CH2-]P.[Pd].[Pd]. The van der Waals surface area contributed by atoms with E-state index >= 15 is 0 Å². The maximum absolute atomic E-state index is 3.17. The van der Waals surface area contributed by atoms with Crippen LogP contribution in [0.4, 0.5) is 0 Å². The van der Waals surface area contributed by atoms with Gasteiger partial charge in [-0.2, -0.15) is 0 Å². The van der Waals surface area contributed by atoms with Gasteiger partial charge in [-0.1, -0.05) is 0 Å². The van der Waals surface area contributed by atoms with Gasteiger partial charge >= 0.3 is 0 Å². The summed E-state index contributed by atoms with van der Waals surface area (Å²) < 4.78 is 0. The van der Waals surface area contributed by atoms with Crippen molar-refractivity contribution in [1.82, 2.24) is 0 Å². The van der Waals surface area contributed by atoms with E-state index in [0.717, 1.165) is 0 Å². The molecule has 0 nitrogen and oxygen atoms in total. The molecular formula is CH4PPd2-. The van der Waals surface area contributed by atoms with Crippen LogP contribution in [-0.4, -0.2) is 0 Å². The summed E-state index contributed by atoms with van der Waals surface area (Å²) in [6.07, 6.45) is 0. The minimum Gasteiger partial charge on any atom is -0.323 e. The predicted octanol–water partition coefficient (Wildman–Crippen LogP) is 0.648. The van der Waals surface area contributed by atoms with Gasteiger partial charge in [0, 0.05) is 40.8 Å². The van der Waals surface area contributed by atoms with E-state index in [1.807, 2.05) is 0 Å². The third-order valence-corrected chi connectivity index (χ3v) is 0. The Morgan fingerprint density at radius 3 is 1.00 bits per heavy atom. The van der Waals surface area contributed by atoms with E-state index in [4.69, 9.17) is 0 Å². The van der Waals surface area contributed by atoms with E-state index < -0.39 is 0 Å². The Bertz CT molecular complexity index is 6.00. The van der Waals surface area contributed by atoms with Gasteiger partial charge in [0.15, 0.2) is 0 Å². The van der Waals surface area contributed by atoms with E-state index in [1.54, 1.807) is 0 Å². The first-order chi connectivity index (χ1) is 1.00. The normalized spacial score (nSPS) is 1.50. The van der Waals surface area contributed by atoms with Crippen LogP contribution in [0.2, 0.25) is 0 Å². The molecule has 1 unspecified atom stereocenters. The van der Waals surface area contributed by atoms with Crippen molar-refractivity contribution in [3.63, 3.8) is 0 Å². The molecule has 3 heteroatoms. The molecule has 0 aromatic carbocycles. The molecule has 0 aliphatic heterocycles. The van der Waals surface area contributed by atoms with E-state index in [1.165, 1.54) is 0 Å². The van der Waals surface area contributed by atoms with Crippen molar-refractivity contribution < 1.29 is 40.8 Å². The molecule has 0 aliphatic rings. The Kier molecular flexibility index (Phi) is 93.3. The Hall–Kier alpha value is 1.75. The average molecular weight is 260 g/mol. The van der Waals surface area contributed by atoms with Crippen molar-refractivity contribution in [3.05, 3.63) is 6.66 Å². The van der Waals surface area contributed by atoms with Gasteiger partial charge in [-0.15, -0.1) is 0 Å². The maximum atomic E-state index is 3.17. The topological polar surface area (TPSA) is 0 Å². The number of rotatable bonds is 0. The summed E-state index contributed by atoms with van der Waals surface area (Å²) in [7, 11) is 2.17. The molecule has 0 saturated heterocycles. The van der Waals surface area contributed by atoms with Crippen LogP contribution in [0.1, 0.15) is 0 Å².